The normalized spacial score (nSPS) is 25.8. The van der Waals surface area contributed by atoms with Gasteiger partial charge in [-0.1, -0.05) is 0 Å². The summed E-state index contributed by atoms with van der Waals surface area (Å²) in [6.45, 7) is 5.66. The molecule has 0 bridgehead atoms. The van der Waals surface area contributed by atoms with Gasteiger partial charge in [0.15, 0.2) is 0 Å². The number of hydrogen-bond acceptors (Lipinski definition) is 2. The average Bonchev–Trinajstić information content (AvgIpc) is 1.83. The maximum atomic E-state index is 11.2. The number of nitrogens with zero attached hydrogens (tertiary/aromatic N) is 2. The van der Waals surface area contributed by atoms with Gasteiger partial charge in [0.1, 0.15) is 0 Å². The predicted molar refractivity (Wildman–Crippen MR) is 44.3 cm³/mol. The van der Waals surface area contributed by atoms with Gasteiger partial charge in [-0.25, -0.2) is 0 Å². The van der Waals surface area contributed by atoms with Crippen molar-refractivity contribution in [3.63, 3.8) is 0 Å². The van der Waals surface area contributed by atoms with E-state index in [9.17, 15) is 4.79 Å². The van der Waals surface area contributed by atoms with E-state index in [1.54, 1.807) is 4.90 Å². The fraction of sp³-hybridized carbons (Fsp3) is 0.875. The number of carbonyl (C=O) groups is 1. The van der Waals surface area contributed by atoms with E-state index in [0.29, 0.717) is 6.54 Å². The monoisotopic (exact) mass is 156 g/mol. The molecule has 11 heavy (non-hydrogen) atoms. The van der Waals surface area contributed by atoms with Gasteiger partial charge < -0.3 is 4.90 Å². The number of amides is 1. The molecule has 0 aromatic heterocycles. The number of carbonyl (C=O) groups excluding carboxylic acids is 1. The van der Waals surface area contributed by atoms with Crippen molar-refractivity contribution in [3.8, 4) is 0 Å². The van der Waals surface area contributed by atoms with Crippen LogP contribution in [0, 0.1) is 0 Å². The molecule has 3 heteroatoms. The lowest BCUT2D eigenvalue weighted by Gasteiger charge is -2.43. The molecule has 0 aromatic rings. The second kappa shape index (κ2) is 2.48. The maximum Gasteiger partial charge on any atom is 0.236 e. The summed E-state index contributed by atoms with van der Waals surface area (Å²) in [4.78, 5) is 15.1. The van der Waals surface area contributed by atoms with Crippen LogP contribution in [0.5, 0.6) is 0 Å². The average molecular weight is 156 g/mol. The topological polar surface area (TPSA) is 23.6 Å². The highest BCUT2D eigenvalue weighted by Gasteiger charge is 2.33. The minimum atomic E-state index is 0.128. The summed E-state index contributed by atoms with van der Waals surface area (Å²) in [5, 5.41) is 0. The third-order valence-corrected chi connectivity index (χ3v) is 2.46. The third kappa shape index (κ3) is 1.53. The van der Waals surface area contributed by atoms with Crippen molar-refractivity contribution in [3.05, 3.63) is 0 Å². The van der Waals surface area contributed by atoms with Crippen molar-refractivity contribution in [1.82, 2.24) is 9.80 Å². The Hall–Kier alpha value is -0.570. The molecule has 0 atom stereocenters. The van der Waals surface area contributed by atoms with Crippen molar-refractivity contribution in [2.24, 2.45) is 0 Å². The highest BCUT2D eigenvalue weighted by Crippen LogP contribution is 2.17. The molecule has 1 saturated heterocycles. The molecule has 0 N–H and O–H groups in total. The first-order valence-corrected chi connectivity index (χ1v) is 3.89. The molecule has 1 heterocycles. The number of likely N-dealkylation sites (N-methyl/N-ethyl adjacent to an activating group) is 2. The summed E-state index contributed by atoms with van der Waals surface area (Å²) in [6, 6.07) is 0. The molecule has 0 radical (unpaired) electrons. The molecule has 1 aliphatic heterocycles. The van der Waals surface area contributed by atoms with E-state index in [-0.39, 0.29) is 11.4 Å². The quantitative estimate of drug-likeness (QED) is 0.499. The van der Waals surface area contributed by atoms with Crippen LogP contribution >= 0.6 is 0 Å². The van der Waals surface area contributed by atoms with Crippen LogP contribution in [-0.4, -0.2) is 48.4 Å². The Morgan fingerprint density at radius 1 is 1.36 bits per heavy atom. The van der Waals surface area contributed by atoms with Crippen molar-refractivity contribution in [1.29, 1.82) is 0 Å². The number of rotatable bonds is 0. The molecule has 0 aliphatic carbocycles. The van der Waals surface area contributed by atoms with E-state index in [1.165, 1.54) is 0 Å². The number of hydrogen-bond donors (Lipinski definition) is 0. The Bertz CT molecular complexity index is 177. The SMILES string of the molecule is CN1CC(C)(C)N(C)CC1=O. The minimum absolute atomic E-state index is 0.128. The van der Waals surface area contributed by atoms with Crippen LogP contribution in [0.15, 0.2) is 0 Å². The van der Waals surface area contributed by atoms with Crippen LogP contribution in [0.2, 0.25) is 0 Å². The van der Waals surface area contributed by atoms with Crippen LogP contribution in [0.25, 0.3) is 0 Å². The van der Waals surface area contributed by atoms with Crippen molar-refractivity contribution in [2.75, 3.05) is 27.2 Å². The first-order chi connectivity index (χ1) is 4.93. The van der Waals surface area contributed by atoms with Crippen LogP contribution in [0.3, 0.4) is 0 Å². The van der Waals surface area contributed by atoms with E-state index in [1.807, 2.05) is 14.1 Å². The Labute approximate surface area is 68.0 Å². The lowest BCUT2D eigenvalue weighted by atomic mass is 10.0. The maximum absolute atomic E-state index is 11.2. The Kier molecular flexibility index (Phi) is 1.92. The summed E-state index contributed by atoms with van der Waals surface area (Å²) in [5.41, 5.74) is 0.128. The summed E-state index contributed by atoms with van der Waals surface area (Å²) in [6.07, 6.45) is 0. The number of piperazine rings is 1. The Morgan fingerprint density at radius 2 is 1.91 bits per heavy atom. The zero-order valence-corrected chi connectivity index (χ0v) is 7.72. The van der Waals surface area contributed by atoms with Crippen LogP contribution in [-0.2, 0) is 4.79 Å². The lowest BCUT2D eigenvalue weighted by molar-refractivity contribution is -0.138. The lowest BCUT2D eigenvalue weighted by Crippen LogP contribution is -2.58. The highest BCUT2D eigenvalue weighted by atomic mass is 16.2. The van der Waals surface area contributed by atoms with Gasteiger partial charge in [-0.3, -0.25) is 9.69 Å². The highest BCUT2D eigenvalue weighted by molar-refractivity contribution is 5.79. The van der Waals surface area contributed by atoms with Crippen molar-refractivity contribution >= 4 is 5.91 Å². The van der Waals surface area contributed by atoms with Gasteiger partial charge in [0.25, 0.3) is 0 Å². The van der Waals surface area contributed by atoms with E-state index < -0.39 is 0 Å². The van der Waals surface area contributed by atoms with Crippen LogP contribution < -0.4 is 0 Å². The molecule has 1 fully saturated rings. The molecule has 0 spiro atoms. The van der Waals surface area contributed by atoms with Gasteiger partial charge in [-0.2, -0.15) is 0 Å². The van der Waals surface area contributed by atoms with E-state index >= 15 is 0 Å². The Balaban J connectivity index is 2.70. The van der Waals surface area contributed by atoms with Gasteiger partial charge in [0.2, 0.25) is 5.91 Å². The second-order valence-electron chi connectivity index (χ2n) is 3.92. The fourth-order valence-electron chi connectivity index (χ4n) is 1.33. The van der Waals surface area contributed by atoms with Gasteiger partial charge >= 0.3 is 0 Å². The third-order valence-electron chi connectivity index (χ3n) is 2.46. The van der Waals surface area contributed by atoms with Crippen molar-refractivity contribution < 1.29 is 4.79 Å². The first-order valence-electron chi connectivity index (χ1n) is 3.89. The van der Waals surface area contributed by atoms with Crippen molar-refractivity contribution in [2.45, 2.75) is 19.4 Å². The molecule has 0 aromatic carbocycles. The largest absolute Gasteiger partial charge is 0.343 e. The molecule has 0 unspecified atom stereocenters. The smallest absolute Gasteiger partial charge is 0.236 e. The molecular weight excluding hydrogens is 140 g/mol. The summed E-state index contributed by atoms with van der Waals surface area (Å²) >= 11 is 0. The molecule has 3 nitrogen and oxygen atoms in total. The van der Waals surface area contributed by atoms with Gasteiger partial charge in [0, 0.05) is 19.1 Å². The summed E-state index contributed by atoms with van der Waals surface area (Å²) in [7, 11) is 3.85. The molecule has 0 saturated carbocycles. The second-order valence-corrected chi connectivity index (χ2v) is 3.92. The summed E-state index contributed by atoms with van der Waals surface area (Å²) in [5.74, 6) is 0.215. The summed E-state index contributed by atoms with van der Waals surface area (Å²) < 4.78 is 0. The van der Waals surface area contributed by atoms with Gasteiger partial charge in [-0.05, 0) is 20.9 Å². The van der Waals surface area contributed by atoms with Gasteiger partial charge in [0.05, 0.1) is 6.54 Å². The molecule has 1 rings (SSSR count). The molecule has 1 aliphatic rings. The molecular formula is C8H16N2O. The first kappa shape index (κ1) is 8.53. The van der Waals surface area contributed by atoms with Crippen LogP contribution in [0.4, 0.5) is 0 Å². The molecule has 1 amide bonds. The minimum Gasteiger partial charge on any atom is -0.343 e. The van der Waals surface area contributed by atoms with Gasteiger partial charge in [-0.15, -0.1) is 0 Å². The van der Waals surface area contributed by atoms with E-state index in [2.05, 4.69) is 18.7 Å². The van der Waals surface area contributed by atoms with Crippen LogP contribution in [0.1, 0.15) is 13.8 Å². The zero-order valence-electron chi connectivity index (χ0n) is 7.72. The van der Waals surface area contributed by atoms with E-state index in [4.69, 9.17) is 0 Å². The fourth-order valence-corrected chi connectivity index (χ4v) is 1.33. The predicted octanol–water partition coefficient (Wildman–Crippen LogP) is 0.169. The molecule has 64 valence electrons. The zero-order chi connectivity index (χ0) is 8.65. The Morgan fingerprint density at radius 3 is 2.36 bits per heavy atom. The van der Waals surface area contributed by atoms with E-state index in [0.717, 1.165) is 6.54 Å². The standard InChI is InChI=1S/C8H16N2O/c1-8(2)6-9(3)7(11)5-10(8)4/h5-6H2,1-4H3.